The highest BCUT2D eigenvalue weighted by molar-refractivity contribution is 7.99. The highest BCUT2D eigenvalue weighted by atomic mass is 35.5. The summed E-state index contributed by atoms with van der Waals surface area (Å²) in [6.45, 7) is 0.987. The van der Waals surface area contributed by atoms with Gasteiger partial charge in [-0.2, -0.15) is 11.8 Å². The van der Waals surface area contributed by atoms with Crippen LogP contribution in [0.5, 0.6) is 0 Å². The highest BCUT2D eigenvalue weighted by Gasteiger charge is 2.14. The second-order valence-corrected chi connectivity index (χ2v) is 5.34. The fourth-order valence-corrected chi connectivity index (χ4v) is 2.93. The highest BCUT2D eigenvalue weighted by Crippen LogP contribution is 2.18. The van der Waals surface area contributed by atoms with Crippen molar-refractivity contribution in [2.24, 2.45) is 0 Å². The molecule has 1 aliphatic rings. The van der Waals surface area contributed by atoms with Gasteiger partial charge in [-0.25, -0.2) is 0 Å². The van der Waals surface area contributed by atoms with Gasteiger partial charge in [-0.3, -0.25) is 0 Å². The summed E-state index contributed by atoms with van der Waals surface area (Å²) in [6.07, 6.45) is 8.25. The van der Waals surface area contributed by atoms with E-state index < -0.39 is 0 Å². The Kier molecular flexibility index (Phi) is 8.03. The third kappa shape index (κ3) is 6.15. The van der Waals surface area contributed by atoms with Crippen molar-refractivity contribution in [3.8, 4) is 0 Å². The topological polar surface area (TPSA) is 9.23 Å². The maximum Gasteiger partial charge on any atom is 0.0666 e. The molecule has 1 heterocycles. The zero-order chi connectivity index (χ0) is 10.1. The molecule has 3 heteroatoms. The summed E-state index contributed by atoms with van der Waals surface area (Å²) in [5, 5.41) is 0. The molecular weight excluding hydrogens is 216 g/mol. The van der Waals surface area contributed by atoms with E-state index in [1.54, 1.807) is 0 Å². The summed E-state index contributed by atoms with van der Waals surface area (Å²) in [5.74, 6) is 3.32. The van der Waals surface area contributed by atoms with Crippen LogP contribution in [0, 0.1) is 0 Å². The molecule has 1 aliphatic heterocycles. The molecule has 14 heavy (non-hydrogen) atoms. The van der Waals surface area contributed by atoms with Crippen LogP contribution in [0.15, 0.2) is 0 Å². The standard InChI is InChI=1S/C11H21ClOS/c12-7-3-1-2-4-9-14-10-11-6-5-8-13-11/h11H,1-10H2. The minimum atomic E-state index is 0.558. The summed E-state index contributed by atoms with van der Waals surface area (Å²) < 4.78 is 5.56. The predicted octanol–water partition coefficient (Wildman–Crippen LogP) is 3.70. The Bertz CT molecular complexity index is 126. The van der Waals surface area contributed by atoms with Gasteiger partial charge in [0, 0.05) is 18.2 Å². The van der Waals surface area contributed by atoms with E-state index in [-0.39, 0.29) is 0 Å². The molecular formula is C11H21ClOS. The van der Waals surface area contributed by atoms with Gasteiger partial charge in [-0.15, -0.1) is 11.6 Å². The van der Waals surface area contributed by atoms with Gasteiger partial charge in [0.25, 0.3) is 0 Å². The van der Waals surface area contributed by atoms with E-state index in [0.29, 0.717) is 6.10 Å². The molecule has 0 aromatic rings. The average Bonchev–Trinajstić information content (AvgIpc) is 2.69. The van der Waals surface area contributed by atoms with Crippen LogP contribution in [0.1, 0.15) is 38.5 Å². The van der Waals surface area contributed by atoms with Crippen molar-refractivity contribution in [1.29, 1.82) is 0 Å². The van der Waals surface area contributed by atoms with Gasteiger partial charge in [-0.05, 0) is 31.4 Å². The quantitative estimate of drug-likeness (QED) is 0.470. The first-order valence-electron chi connectivity index (χ1n) is 5.69. The molecule has 0 aromatic heterocycles. The number of halogens is 1. The SMILES string of the molecule is ClCCCCCCSCC1CCCO1. The lowest BCUT2D eigenvalue weighted by Gasteiger charge is -2.07. The van der Waals surface area contributed by atoms with E-state index in [1.165, 1.54) is 50.0 Å². The van der Waals surface area contributed by atoms with Crippen molar-refractivity contribution in [1.82, 2.24) is 0 Å². The van der Waals surface area contributed by atoms with Crippen LogP contribution in [0.25, 0.3) is 0 Å². The molecule has 0 bridgehead atoms. The van der Waals surface area contributed by atoms with Crippen LogP contribution >= 0.6 is 23.4 Å². The van der Waals surface area contributed by atoms with Crippen molar-refractivity contribution in [3.05, 3.63) is 0 Å². The zero-order valence-electron chi connectivity index (χ0n) is 8.84. The van der Waals surface area contributed by atoms with Crippen molar-refractivity contribution in [2.75, 3.05) is 24.0 Å². The van der Waals surface area contributed by atoms with E-state index in [2.05, 4.69) is 11.8 Å². The monoisotopic (exact) mass is 236 g/mol. The number of hydrogen-bond acceptors (Lipinski definition) is 2. The van der Waals surface area contributed by atoms with Gasteiger partial charge in [0.15, 0.2) is 0 Å². The van der Waals surface area contributed by atoms with Gasteiger partial charge in [-0.1, -0.05) is 12.8 Å². The fourth-order valence-electron chi connectivity index (χ4n) is 1.64. The summed E-state index contributed by atoms with van der Waals surface area (Å²) >= 11 is 7.66. The normalized spacial score (nSPS) is 21.6. The van der Waals surface area contributed by atoms with E-state index in [1.807, 2.05) is 0 Å². The van der Waals surface area contributed by atoms with Crippen LogP contribution in [0.2, 0.25) is 0 Å². The maximum atomic E-state index is 5.61. The summed E-state index contributed by atoms with van der Waals surface area (Å²) in [6, 6.07) is 0. The Morgan fingerprint density at radius 1 is 1.21 bits per heavy atom. The molecule has 84 valence electrons. The Labute approximate surface area is 96.9 Å². The molecule has 0 N–H and O–H groups in total. The fraction of sp³-hybridized carbons (Fsp3) is 1.00. The van der Waals surface area contributed by atoms with E-state index in [4.69, 9.17) is 16.3 Å². The van der Waals surface area contributed by atoms with Crippen molar-refractivity contribution >= 4 is 23.4 Å². The molecule has 1 fully saturated rings. The molecule has 0 aliphatic carbocycles. The molecule has 0 aromatic carbocycles. The minimum absolute atomic E-state index is 0.558. The predicted molar refractivity (Wildman–Crippen MR) is 65.5 cm³/mol. The number of unbranched alkanes of at least 4 members (excludes halogenated alkanes) is 3. The second-order valence-electron chi connectivity index (χ2n) is 3.81. The molecule has 1 nitrogen and oxygen atoms in total. The number of thioether (sulfide) groups is 1. The molecule has 1 unspecified atom stereocenters. The first-order chi connectivity index (χ1) is 6.93. The largest absolute Gasteiger partial charge is 0.377 e. The van der Waals surface area contributed by atoms with Gasteiger partial charge in [0.1, 0.15) is 0 Å². The lowest BCUT2D eigenvalue weighted by Crippen LogP contribution is -2.08. The number of alkyl halides is 1. The Balaban J connectivity index is 1.75. The van der Waals surface area contributed by atoms with Gasteiger partial charge < -0.3 is 4.74 Å². The number of hydrogen-bond donors (Lipinski definition) is 0. The summed E-state index contributed by atoms with van der Waals surface area (Å²) in [4.78, 5) is 0. The number of ether oxygens (including phenoxy) is 1. The molecule has 0 radical (unpaired) electrons. The van der Waals surface area contributed by atoms with Crippen molar-refractivity contribution in [3.63, 3.8) is 0 Å². The first kappa shape index (κ1) is 12.7. The molecule has 1 rings (SSSR count). The molecule has 0 amide bonds. The van der Waals surface area contributed by atoms with Gasteiger partial charge >= 0.3 is 0 Å². The first-order valence-corrected chi connectivity index (χ1v) is 7.37. The second kappa shape index (κ2) is 8.87. The summed E-state index contributed by atoms with van der Waals surface area (Å²) in [7, 11) is 0. The number of rotatable bonds is 8. The van der Waals surface area contributed by atoms with E-state index in [9.17, 15) is 0 Å². The third-order valence-electron chi connectivity index (χ3n) is 2.50. The van der Waals surface area contributed by atoms with Crippen LogP contribution < -0.4 is 0 Å². The lowest BCUT2D eigenvalue weighted by atomic mass is 10.2. The van der Waals surface area contributed by atoms with Crippen LogP contribution in [-0.4, -0.2) is 30.1 Å². The van der Waals surface area contributed by atoms with Crippen molar-refractivity contribution < 1.29 is 4.74 Å². The Hall–Kier alpha value is 0.600. The molecule has 1 saturated heterocycles. The van der Waals surface area contributed by atoms with E-state index >= 15 is 0 Å². The third-order valence-corrected chi connectivity index (χ3v) is 3.95. The average molecular weight is 237 g/mol. The van der Waals surface area contributed by atoms with Gasteiger partial charge in [0.2, 0.25) is 0 Å². The zero-order valence-corrected chi connectivity index (χ0v) is 10.4. The minimum Gasteiger partial charge on any atom is -0.377 e. The van der Waals surface area contributed by atoms with Crippen LogP contribution in [-0.2, 0) is 4.74 Å². The van der Waals surface area contributed by atoms with Crippen molar-refractivity contribution in [2.45, 2.75) is 44.6 Å². The molecule has 0 spiro atoms. The lowest BCUT2D eigenvalue weighted by molar-refractivity contribution is 0.129. The Morgan fingerprint density at radius 2 is 2.07 bits per heavy atom. The smallest absolute Gasteiger partial charge is 0.0666 e. The van der Waals surface area contributed by atoms with Crippen LogP contribution in [0.4, 0.5) is 0 Å². The Morgan fingerprint density at radius 3 is 2.79 bits per heavy atom. The summed E-state index contributed by atoms with van der Waals surface area (Å²) in [5.41, 5.74) is 0. The van der Waals surface area contributed by atoms with E-state index in [0.717, 1.165) is 12.5 Å². The molecule has 1 atom stereocenters. The maximum absolute atomic E-state index is 5.61. The van der Waals surface area contributed by atoms with Crippen LogP contribution in [0.3, 0.4) is 0 Å². The molecule has 0 saturated carbocycles. The van der Waals surface area contributed by atoms with Gasteiger partial charge in [0.05, 0.1) is 6.10 Å².